The van der Waals surface area contributed by atoms with Crippen molar-refractivity contribution in [3.05, 3.63) is 189 Å². The first kappa shape index (κ1) is 62.2. The lowest BCUT2D eigenvalue weighted by molar-refractivity contribution is 0.101. The molecule has 5 heterocycles. The van der Waals surface area contributed by atoms with Gasteiger partial charge in [0.25, 0.3) is 0 Å². The van der Waals surface area contributed by atoms with Crippen LogP contribution in [0.15, 0.2) is 157 Å². The maximum absolute atomic E-state index is 15.6. The van der Waals surface area contributed by atoms with E-state index in [1.54, 1.807) is 22.7 Å². The number of carbonyl (C=O) groups is 2. The van der Waals surface area contributed by atoms with Gasteiger partial charge < -0.3 is 0 Å². The maximum atomic E-state index is 15.6. The number of fused-ring (bicyclic) bond motifs is 4. The molecule has 0 unspecified atom stereocenters. The number of nitrogens with zero attached hydrogens (tertiary/aromatic N) is 2. The van der Waals surface area contributed by atoms with E-state index in [1.165, 1.54) is 173 Å². The Hall–Kier alpha value is -6.38. The van der Waals surface area contributed by atoms with Crippen molar-refractivity contribution in [1.29, 1.82) is 0 Å². The first-order valence-electron chi connectivity index (χ1n) is 33.5. The van der Waals surface area contributed by atoms with Crippen molar-refractivity contribution in [2.45, 2.75) is 207 Å². The van der Waals surface area contributed by atoms with Crippen molar-refractivity contribution >= 4 is 88.5 Å². The van der Waals surface area contributed by atoms with Gasteiger partial charge in [-0.05, 0) is 177 Å². The van der Waals surface area contributed by atoms with E-state index in [2.05, 4.69) is 192 Å². The van der Waals surface area contributed by atoms with Gasteiger partial charge in [-0.2, -0.15) is 0 Å². The molecule has 0 aliphatic carbocycles. The molecule has 9 aromatic rings. The third-order valence-corrected chi connectivity index (χ3v) is 22.3. The maximum Gasteiger partial charge on any atom is 0.214 e. The Balaban J connectivity index is 0.886. The fourth-order valence-electron chi connectivity index (χ4n) is 13.0. The number of hydrogen-bond acceptors (Lipinski definition) is 7. The molecule has 2 aliphatic rings. The average Bonchev–Trinajstić information content (AvgIpc) is 1.59. The number of hydrogen-bond donors (Lipinski definition) is 0. The number of Topliss-reactive ketones (excluding diaryl/α,β-unsaturated/α-hetero) is 2. The predicted molar refractivity (Wildman–Crippen MR) is 379 cm³/mol. The number of ketones is 2. The van der Waals surface area contributed by atoms with Gasteiger partial charge in [0.2, 0.25) is 11.6 Å². The van der Waals surface area contributed by atoms with Crippen LogP contribution in [0.5, 0.6) is 0 Å². The predicted octanol–water partition coefficient (Wildman–Crippen LogP) is 25.5. The zero-order valence-electron chi connectivity index (χ0n) is 53.1. The summed E-state index contributed by atoms with van der Waals surface area (Å²) in [5.41, 5.74) is 11.2. The molecular weight excluding hydrogens is 1120 g/mol. The lowest BCUT2D eigenvalue weighted by Gasteiger charge is -2.25. The van der Waals surface area contributed by atoms with Crippen LogP contribution in [0.2, 0.25) is 0 Å². The van der Waals surface area contributed by atoms with Gasteiger partial charge in [-0.1, -0.05) is 231 Å². The molecule has 7 heteroatoms. The summed E-state index contributed by atoms with van der Waals surface area (Å²) in [7, 11) is 0. The third kappa shape index (κ3) is 14.2. The molecule has 0 bridgehead atoms. The minimum absolute atomic E-state index is 0.0973. The Kier molecular flexibility index (Phi) is 20.6. The smallest absolute Gasteiger partial charge is 0.214 e. The molecule has 3 aromatic heterocycles. The van der Waals surface area contributed by atoms with E-state index in [9.17, 15) is 0 Å². The fraction of sp³-hybridized carbons (Fsp3) is 0.400. The highest BCUT2D eigenvalue weighted by Crippen LogP contribution is 2.52. The number of carbonyl (C=O) groups excluding carboxylic acids is 2. The first-order chi connectivity index (χ1) is 42.4. The van der Waals surface area contributed by atoms with Crippen molar-refractivity contribution < 1.29 is 9.59 Å². The first-order valence-corrected chi connectivity index (χ1v) is 36.0. The van der Waals surface area contributed by atoms with Crippen molar-refractivity contribution in [2.24, 2.45) is 0 Å². The zero-order chi connectivity index (χ0) is 60.4. The van der Waals surface area contributed by atoms with Crippen LogP contribution in [0.1, 0.15) is 231 Å². The Morgan fingerprint density at radius 3 is 1.28 bits per heavy atom. The molecule has 0 amide bonds. The van der Waals surface area contributed by atoms with Gasteiger partial charge >= 0.3 is 0 Å². The van der Waals surface area contributed by atoms with Gasteiger partial charge in [-0.3, -0.25) is 19.4 Å². The van der Waals surface area contributed by atoms with Crippen molar-refractivity contribution in [3.8, 4) is 32.0 Å². The van der Waals surface area contributed by atoms with Gasteiger partial charge in [-0.15, -0.1) is 34.0 Å². The van der Waals surface area contributed by atoms with Crippen molar-refractivity contribution in [2.75, 3.05) is 9.80 Å². The molecule has 0 saturated heterocycles. The van der Waals surface area contributed by atoms with E-state index in [4.69, 9.17) is 0 Å². The Morgan fingerprint density at radius 1 is 0.391 bits per heavy atom. The second-order valence-corrected chi connectivity index (χ2v) is 29.4. The Labute approximate surface area is 532 Å². The van der Waals surface area contributed by atoms with Crippen LogP contribution in [0, 0.1) is 0 Å². The number of unbranched alkanes of at least 4 members (excludes halogenated alkanes) is 18. The van der Waals surface area contributed by atoms with Gasteiger partial charge in [-0.25, -0.2) is 0 Å². The summed E-state index contributed by atoms with van der Waals surface area (Å²) in [5.74, 6) is 0.0641. The standard InChI is InChI=1S/C80H92N2O2S3/c1-8-11-13-15-17-19-21-23-25-27-29-66-41-47-74(85-66)81-70-53-56(55(4)5)38-43-68(70)78(83)76(81)77-79(84)69-44-39-62(54-71(69)82(77)75-48-42-67(86-75)30-28-26-24-22-20-18-16-14-12-9-2)58-31-32-59-50-63(35-33-57(59)49-58)72-45-46-73(87-72)64-36-34-61-52-65(80(6,7)10-3)40-37-60(61)51-64/h31-55H,8-30H2,1-7H3/b77-76+. The van der Waals surface area contributed by atoms with Crippen molar-refractivity contribution in [1.82, 2.24) is 0 Å². The average molecular weight is 1210 g/mol. The monoisotopic (exact) mass is 1210 g/mol. The normalized spacial score (nSPS) is 14.3. The van der Waals surface area contributed by atoms with Crippen LogP contribution in [0.25, 0.3) is 53.6 Å². The van der Waals surface area contributed by atoms with Gasteiger partial charge in [0.1, 0.15) is 21.4 Å². The van der Waals surface area contributed by atoms with Crippen LogP contribution in [0.4, 0.5) is 21.4 Å². The zero-order valence-corrected chi connectivity index (χ0v) is 55.6. The van der Waals surface area contributed by atoms with Crippen LogP contribution >= 0.6 is 34.0 Å². The third-order valence-electron chi connectivity index (χ3n) is 18.9. The molecule has 452 valence electrons. The molecule has 4 nitrogen and oxygen atoms in total. The summed E-state index contributed by atoms with van der Waals surface area (Å²) in [6, 6.07) is 53.5. The SMILES string of the molecule is CCCCCCCCCCCCc1ccc(N2/C(=C3\C(=O)c4ccc(C(C)C)cc4N3c3ccc(CCCCCCCCCCCC)s3)C(=O)c3ccc(-c4ccc5cc(-c6ccc(-c7ccc8cc(C(C)(C)CC)ccc8c7)s6)ccc5c4)cc32)s1. The van der Waals surface area contributed by atoms with E-state index in [0.29, 0.717) is 22.5 Å². The molecule has 6 aromatic carbocycles. The molecule has 11 rings (SSSR count). The number of aryl methyl sites for hydroxylation is 2. The highest BCUT2D eigenvalue weighted by molar-refractivity contribution is 7.19. The topological polar surface area (TPSA) is 40.6 Å². The molecule has 0 radical (unpaired) electrons. The van der Waals surface area contributed by atoms with Crippen molar-refractivity contribution in [3.63, 3.8) is 0 Å². The summed E-state index contributed by atoms with van der Waals surface area (Å²) >= 11 is 5.39. The molecule has 0 saturated carbocycles. The summed E-state index contributed by atoms with van der Waals surface area (Å²) in [6.45, 7) is 15.9. The summed E-state index contributed by atoms with van der Waals surface area (Å²) in [4.78, 5) is 40.5. The Bertz CT molecular complexity index is 3880. The summed E-state index contributed by atoms with van der Waals surface area (Å²) in [6.07, 6.45) is 29.2. The largest absolute Gasteiger partial charge is 0.295 e. The number of rotatable bonds is 30. The van der Waals surface area contributed by atoms with E-state index in [1.807, 2.05) is 23.5 Å². The lowest BCUT2D eigenvalue weighted by atomic mass is 9.81. The van der Waals surface area contributed by atoms with Crippen LogP contribution in [-0.2, 0) is 18.3 Å². The molecule has 0 fully saturated rings. The number of benzene rings is 6. The molecule has 0 N–H and O–H groups in total. The van der Waals surface area contributed by atoms with Crippen LogP contribution in [0.3, 0.4) is 0 Å². The summed E-state index contributed by atoms with van der Waals surface area (Å²) in [5, 5.41) is 6.86. The summed E-state index contributed by atoms with van der Waals surface area (Å²) < 4.78 is 0. The second kappa shape index (κ2) is 28.8. The second-order valence-electron chi connectivity index (χ2n) is 26.0. The molecule has 2 aliphatic heterocycles. The number of anilines is 4. The minimum atomic E-state index is -0.109. The Morgan fingerprint density at radius 2 is 0.793 bits per heavy atom. The van der Waals surface area contributed by atoms with E-state index in [0.717, 1.165) is 70.0 Å². The number of thiophene rings is 3. The highest BCUT2D eigenvalue weighted by Gasteiger charge is 2.45. The minimum Gasteiger partial charge on any atom is -0.295 e. The highest BCUT2D eigenvalue weighted by atomic mass is 32.1. The molecular formula is C80H92N2O2S3. The molecule has 0 atom stereocenters. The fourth-order valence-corrected chi connectivity index (χ4v) is 16.2. The number of allylic oxidation sites excluding steroid dienone is 2. The van der Waals surface area contributed by atoms with Gasteiger partial charge in [0.05, 0.1) is 11.4 Å². The van der Waals surface area contributed by atoms with Gasteiger partial charge in [0.15, 0.2) is 0 Å². The molecule has 87 heavy (non-hydrogen) atoms. The quantitative estimate of drug-likeness (QED) is 0.0332. The van der Waals surface area contributed by atoms with E-state index < -0.39 is 0 Å². The van der Waals surface area contributed by atoms with E-state index >= 15 is 9.59 Å². The van der Waals surface area contributed by atoms with Gasteiger partial charge in [0, 0.05) is 30.6 Å². The van der Waals surface area contributed by atoms with Crippen LogP contribution < -0.4 is 9.80 Å². The lowest BCUT2D eigenvalue weighted by Crippen LogP contribution is -2.25. The van der Waals surface area contributed by atoms with Crippen LogP contribution in [-0.4, -0.2) is 11.6 Å². The van der Waals surface area contributed by atoms with E-state index in [-0.39, 0.29) is 22.9 Å². The molecule has 0 spiro atoms.